The minimum Gasteiger partial charge on any atom is -0.352 e. The minimum atomic E-state index is -1.09. The largest absolute Gasteiger partial charge is 0.352 e. The number of carbonyl (C=O) groups excluding carboxylic acids is 3. The van der Waals surface area contributed by atoms with Gasteiger partial charge in [0.05, 0.1) is 22.8 Å². The monoisotopic (exact) mass is 445 g/mol. The van der Waals surface area contributed by atoms with Gasteiger partial charge in [-0.25, -0.2) is 4.98 Å². The molecule has 5 rings (SSSR count). The smallest absolute Gasteiger partial charge is 0.251 e. The molecule has 32 heavy (non-hydrogen) atoms. The first-order valence-electron chi connectivity index (χ1n) is 10.3. The van der Waals surface area contributed by atoms with Gasteiger partial charge < -0.3 is 16.0 Å². The summed E-state index contributed by atoms with van der Waals surface area (Å²) in [5.41, 5.74) is 4.18. The molecule has 0 bridgehead atoms. The lowest BCUT2D eigenvalue weighted by atomic mass is 10.0. The quantitative estimate of drug-likeness (QED) is 0.537. The van der Waals surface area contributed by atoms with E-state index < -0.39 is 11.8 Å². The molecular weight excluding hydrogens is 426 g/mol. The van der Waals surface area contributed by atoms with Crippen LogP contribution in [-0.4, -0.2) is 35.3 Å². The number of hydrogen-bond acceptors (Lipinski definition) is 6. The zero-order chi connectivity index (χ0) is 22.2. The summed E-state index contributed by atoms with van der Waals surface area (Å²) in [6.45, 7) is 0.389. The van der Waals surface area contributed by atoms with Crippen molar-refractivity contribution in [3.8, 4) is 17.2 Å². The molecule has 0 saturated heterocycles. The van der Waals surface area contributed by atoms with Crippen LogP contribution in [0.2, 0.25) is 0 Å². The van der Waals surface area contributed by atoms with Crippen molar-refractivity contribution in [3.05, 3.63) is 52.5 Å². The van der Waals surface area contributed by atoms with Gasteiger partial charge in [-0.05, 0) is 47.7 Å². The Morgan fingerprint density at radius 1 is 1.22 bits per heavy atom. The van der Waals surface area contributed by atoms with E-state index in [1.165, 1.54) is 11.3 Å². The molecule has 1 fully saturated rings. The first kappa shape index (κ1) is 20.2. The maximum atomic E-state index is 12.5. The number of carbonyl (C=O) groups is 3. The summed E-state index contributed by atoms with van der Waals surface area (Å²) >= 11 is 1.27. The van der Waals surface area contributed by atoms with E-state index >= 15 is 0 Å². The topological polar surface area (TPSA) is 124 Å². The summed E-state index contributed by atoms with van der Waals surface area (Å²) in [4.78, 5) is 40.7. The van der Waals surface area contributed by atoms with Gasteiger partial charge in [0.25, 0.3) is 5.91 Å². The normalized spacial score (nSPS) is 15.5. The van der Waals surface area contributed by atoms with Crippen LogP contribution in [0, 0.1) is 11.3 Å². The van der Waals surface area contributed by atoms with Crippen LogP contribution in [0.5, 0.6) is 0 Å². The summed E-state index contributed by atoms with van der Waals surface area (Å²) in [6, 6.07) is 13.7. The molecule has 3 amide bonds. The molecule has 0 spiro atoms. The van der Waals surface area contributed by atoms with Crippen LogP contribution in [0.15, 0.2) is 36.4 Å². The lowest BCUT2D eigenvalue weighted by Gasteiger charge is -2.08. The second-order valence-electron chi connectivity index (χ2n) is 7.91. The predicted molar refractivity (Wildman–Crippen MR) is 119 cm³/mol. The number of rotatable bonds is 6. The Bertz CT molecular complexity index is 1300. The molecule has 0 radical (unpaired) electrons. The molecule has 1 unspecified atom stereocenters. The van der Waals surface area contributed by atoms with E-state index in [0.717, 1.165) is 34.2 Å². The number of fused-ring (bicyclic) bond motifs is 2. The Kier molecular flexibility index (Phi) is 5.07. The SMILES string of the molecule is N#CC(C(=O)NCC(=O)NC1CC1)c1nc2ccc(-c3ccc4c(c3)C(=O)NC4)cc2s1. The standard InChI is InChI=1S/C23H19N5O3S/c24-9-17(22(31)26-11-20(29)27-15-4-5-15)23-28-18-6-3-13(8-19(18)32-23)12-1-2-14-10-25-21(30)16(14)7-12/h1-3,6-8,15,17H,4-5,10-11H2,(H,25,30)(H,26,31)(H,27,29). The number of hydrogen-bond donors (Lipinski definition) is 3. The highest BCUT2D eigenvalue weighted by Crippen LogP contribution is 2.32. The van der Waals surface area contributed by atoms with Crippen LogP contribution in [0.25, 0.3) is 21.3 Å². The lowest BCUT2D eigenvalue weighted by Crippen LogP contribution is -2.39. The molecule has 1 aromatic heterocycles. The van der Waals surface area contributed by atoms with E-state index in [1.54, 1.807) is 0 Å². The molecule has 3 aromatic rings. The number of nitrogens with one attached hydrogen (secondary N) is 3. The van der Waals surface area contributed by atoms with Crippen LogP contribution in [-0.2, 0) is 16.1 Å². The third-order valence-electron chi connectivity index (χ3n) is 5.54. The number of benzene rings is 2. The molecule has 2 heterocycles. The van der Waals surface area contributed by atoms with Gasteiger partial charge in [0.15, 0.2) is 5.92 Å². The molecule has 2 aromatic carbocycles. The van der Waals surface area contributed by atoms with E-state index in [1.807, 2.05) is 42.5 Å². The van der Waals surface area contributed by atoms with Crippen molar-refractivity contribution in [1.82, 2.24) is 20.9 Å². The van der Waals surface area contributed by atoms with Gasteiger partial charge in [0.1, 0.15) is 5.01 Å². The van der Waals surface area contributed by atoms with E-state index in [0.29, 0.717) is 22.6 Å². The van der Waals surface area contributed by atoms with Gasteiger partial charge >= 0.3 is 0 Å². The van der Waals surface area contributed by atoms with E-state index in [9.17, 15) is 19.6 Å². The Labute approximate surface area is 187 Å². The highest BCUT2D eigenvalue weighted by molar-refractivity contribution is 7.18. The van der Waals surface area contributed by atoms with Crippen LogP contribution in [0.1, 0.15) is 39.7 Å². The zero-order valence-electron chi connectivity index (χ0n) is 17.0. The number of nitriles is 1. The van der Waals surface area contributed by atoms with Crippen molar-refractivity contribution in [3.63, 3.8) is 0 Å². The van der Waals surface area contributed by atoms with E-state index in [4.69, 9.17) is 0 Å². The van der Waals surface area contributed by atoms with Gasteiger partial charge in [-0.1, -0.05) is 18.2 Å². The maximum Gasteiger partial charge on any atom is 0.251 e. The molecular formula is C23H19N5O3S. The summed E-state index contributed by atoms with van der Waals surface area (Å²) in [6.07, 6.45) is 1.93. The minimum absolute atomic E-state index is 0.0725. The molecule has 1 aliphatic heterocycles. The van der Waals surface area contributed by atoms with Crippen molar-refractivity contribution in [1.29, 1.82) is 5.26 Å². The predicted octanol–water partition coefficient (Wildman–Crippen LogP) is 2.21. The molecule has 2 aliphatic rings. The average molecular weight is 446 g/mol. The van der Waals surface area contributed by atoms with Gasteiger partial charge in [-0.2, -0.15) is 5.26 Å². The van der Waals surface area contributed by atoms with Crippen molar-refractivity contribution >= 4 is 39.3 Å². The van der Waals surface area contributed by atoms with Crippen molar-refractivity contribution < 1.29 is 14.4 Å². The van der Waals surface area contributed by atoms with Crippen LogP contribution in [0.3, 0.4) is 0 Å². The summed E-state index contributed by atoms with van der Waals surface area (Å²) in [7, 11) is 0. The van der Waals surface area contributed by atoms with E-state index in [-0.39, 0.29) is 24.4 Å². The second-order valence-corrected chi connectivity index (χ2v) is 8.97. The van der Waals surface area contributed by atoms with Crippen molar-refractivity contribution in [2.24, 2.45) is 0 Å². The van der Waals surface area contributed by atoms with E-state index in [2.05, 4.69) is 20.9 Å². The number of amides is 3. The fourth-order valence-corrected chi connectivity index (χ4v) is 4.69. The highest BCUT2D eigenvalue weighted by atomic mass is 32.1. The fraction of sp³-hybridized carbons (Fsp3) is 0.261. The van der Waals surface area contributed by atoms with Gasteiger partial charge in [0, 0.05) is 18.2 Å². The van der Waals surface area contributed by atoms with Crippen LogP contribution >= 0.6 is 11.3 Å². The Morgan fingerprint density at radius 3 is 2.78 bits per heavy atom. The summed E-state index contributed by atoms with van der Waals surface area (Å²) < 4.78 is 0.835. The molecule has 8 nitrogen and oxygen atoms in total. The summed E-state index contributed by atoms with van der Waals surface area (Å²) in [5, 5.41) is 18.1. The van der Waals surface area contributed by atoms with Gasteiger partial charge in [0.2, 0.25) is 11.8 Å². The average Bonchev–Trinajstić information content (AvgIpc) is 3.38. The first-order chi connectivity index (χ1) is 15.5. The Balaban J connectivity index is 1.35. The third-order valence-corrected chi connectivity index (χ3v) is 6.62. The summed E-state index contributed by atoms with van der Waals surface area (Å²) in [5.74, 6) is -1.96. The Morgan fingerprint density at radius 2 is 2.00 bits per heavy atom. The van der Waals surface area contributed by atoms with Gasteiger partial charge in [-0.15, -0.1) is 11.3 Å². The first-order valence-corrected chi connectivity index (χ1v) is 11.1. The fourth-order valence-electron chi connectivity index (χ4n) is 3.64. The van der Waals surface area contributed by atoms with Crippen molar-refractivity contribution in [2.75, 3.05) is 6.54 Å². The molecule has 1 saturated carbocycles. The molecule has 3 N–H and O–H groups in total. The van der Waals surface area contributed by atoms with Gasteiger partial charge in [-0.3, -0.25) is 14.4 Å². The second kappa shape index (κ2) is 8.05. The number of aromatic nitrogens is 1. The lowest BCUT2D eigenvalue weighted by molar-refractivity contribution is -0.126. The highest BCUT2D eigenvalue weighted by Gasteiger charge is 2.27. The molecule has 1 aliphatic carbocycles. The molecule has 160 valence electrons. The zero-order valence-corrected chi connectivity index (χ0v) is 17.8. The van der Waals surface area contributed by atoms with Crippen LogP contribution in [0.4, 0.5) is 0 Å². The molecule has 9 heteroatoms. The Hall–Kier alpha value is -3.77. The maximum absolute atomic E-state index is 12.5. The van der Waals surface area contributed by atoms with Crippen molar-refractivity contribution in [2.45, 2.75) is 31.3 Å². The van der Waals surface area contributed by atoms with Crippen LogP contribution < -0.4 is 16.0 Å². The number of nitrogens with zero attached hydrogens (tertiary/aromatic N) is 2. The number of thiazole rings is 1. The molecule has 1 atom stereocenters. The third kappa shape index (κ3) is 3.92.